The largest absolute Gasteiger partial charge is 0.294 e. The van der Waals surface area contributed by atoms with Gasteiger partial charge >= 0.3 is 0 Å². The number of carbonyl (C=O) groups excluding carboxylic acids is 1. The number of carbonyl (C=O) groups is 1. The molecule has 0 aliphatic rings. The van der Waals surface area contributed by atoms with Crippen molar-refractivity contribution >= 4 is 17.1 Å². The maximum absolute atomic E-state index is 12.2. The lowest BCUT2D eigenvalue weighted by molar-refractivity contribution is 0.0929. The number of benzene rings is 1. The van der Waals surface area contributed by atoms with Gasteiger partial charge in [0.2, 0.25) is 0 Å². The maximum Gasteiger partial charge on any atom is 0.166 e. The molecule has 0 bridgehead atoms. The van der Waals surface area contributed by atoms with Crippen molar-refractivity contribution in [2.24, 2.45) is 5.92 Å². The second-order valence-electron chi connectivity index (χ2n) is 4.58. The Balaban J connectivity index is 2.08. The van der Waals surface area contributed by atoms with E-state index in [4.69, 9.17) is 0 Å². The van der Waals surface area contributed by atoms with Gasteiger partial charge in [-0.15, -0.1) is 11.3 Å². The Morgan fingerprint density at radius 3 is 2.50 bits per heavy atom. The second kappa shape index (κ2) is 5.44. The third-order valence-electron chi connectivity index (χ3n) is 3.06. The van der Waals surface area contributed by atoms with Crippen molar-refractivity contribution in [3.05, 3.63) is 51.5 Å². The molecule has 1 heterocycles. The molecule has 0 fully saturated rings. The van der Waals surface area contributed by atoms with Crippen LogP contribution in [0.15, 0.2) is 30.3 Å². The maximum atomic E-state index is 12.2. The predicted molar refractivity (Wildman–Crippen MR) is 75.2 cm³/mol. The molecule has 1 aromatic heterocycles. The Hall–Kier alpha value is -1.48. The lowest BCUT2D eigenvalue weighted by Crippen LogP contribution is -2.13. The first-order valence-corrected chi connectivity index (χ1v) is 6.91. The third-order valence-corrected chi connectivity index (χ3v) is 4.15. The van der Waals surface area contributed by atoms with E-state index in [1.54, 1.807) is 11.3 Å². The molecule has 94 valence electrons. The summed E-state index contributed by atoms with van der Waals surface area (Å²) in [5.41, 5.74) is 1.87. The normalized spacial score (nSPS) is 12.4. The molecule has 1 unspecified atom stereocenters. The van der Waals surface area contributed by atoms with Crippen molar-refractivity contribution in [3.63, 3.8) is 0 Å². The SMILES string of the molecule is Cc1nc(CC(C)C(=O)c2ccccc2)sc1C. The van der Waals surface area contributed by atoms with Gasteiger partial charge in [0.25, 0.3) is 0 Å². The summed E-state index contributed by atoms with van der Waals surface area (Å²) in [6.45, 7) is 6.06. The number of ketones is 1. The van der Waals surface area contributed by atoms with Gasteiger partial charge in [-0.2, -0.15) is 0 Å². The van der Waals surface area contributed by atoms with Crippen LogP contribution in [0.1, 0.15) is 32.9 Å². The molecule has 0 N–H and O–H groups in total. The molecule has 2 rings (SSSR count). The highest BCUT2D eigenvalue weighted by atomic mass is 32.1. The molecular formula is C15H17NOS. The molecule has 0 amide bonds. The zero-order chi connectivity index (χ0) is 13.1. The molecule has 2 nitrogen and oxygen atoms in total. The molecular weight excluding hydrogens is 242 g/mol. The topological polar surface area (TPSA) is 30.0 Å². The van der Waals surface area contributed by atoms with Crippen LogP contribution < -0.4 is 0 Å². The van der Waals surface area contributed by atoms with Crippen LogP contribution in [0, 0.1) is 19.8 Å². The van der Waals surface area contributed by atoms with Crippen molar-refractivity contribution in [1.29, 1.82) is 0 Å². The fourth-order valence-electron chi connectivity index (χ4n) is 1.87. The minimum atomic E-state index is -0.0163. The molecule has 0 aliphatic heterocycles. The van der Waals surface area contributed by atoms with E-state index >= 15 is 0 Å². The fraction of sp³-hybridized carbons (Fsp3) is 0.333. The number of hydrogen-bond acceptors (Lipinski definition) is 3. The van der Waals surface area contributed by atoms with E-state index in [-0.39, 0.29) is 11.7 Å². The third kappa shape index (κ3) is 2.85. The molecule has 0 aliphatic carbocycles. The molecule has 2 aromatic rings. The fourth-order valence-corrected chi connectivity index (χ4v) is 2.93. The van der Waals surface area contributed by atoms with Gasteiger partial charge in [0, 0.05) is 22.8 Å². The number of hydrogen-bond donors (Lipinski definition) is 0. The van der Waals surface area contributed by atoms with E-state index in [2.05, 4.69) is 11.9 Å². The van der Waals surface area contributed by atoms with Gasteiger partial charge in [0.1, 0.15) is 0 Å². The highest BCUT2D eigenvalue weighted by Crippen LogP contribution is 2.21. The summed E-state index contributed by atoms with van der Waals surface area (Å²) < 4.78 is 0. The Morgan fingerprint density at radius 2 is 1.94 bits per heavy atom. The summed E-state index contributed by atoms with van der Waals surface area (Å²) in [5, 5.41) is 1.06. The molecule has 1 atom stereocenters. The Bertz CT molecular complexity index is 525. The Morgan fingerprint density at radius 1 is 1.28 bits per heavy atom. The van der Waals surface area contributed by atoms with E-state index in [9.17, 15) is 4.79 Å². The smallest absolute Gasteiger partial charge is 0.166 e. The first-order chi connectivity index (χ1) is 8.58. The van der Waals surface area contributed by atoms with Crippen molar-refractivity contribution < 1.29 is 4.79 Å². The van der Waals surface area contributed by atoms with Crippen LogP contribution in [0.2, 0.25) is 0 Å². The summed E-state index contributed by atoms with van der Waals surface area (Å²) in [7, 11) is 0. The average Bonchev–Trinajstić information content (AvgIpc) is 2.68. The molecule has 3 heteroatoms. The molecule has 0 spiro atoms. The first-order valence-electron chi connectivity index (χ1n) is 6.10. The summed E-state index contributed by atoms with van der Waals surface area (Å²) >= 11 is 1.69. The van der Waals surface area contributed by atoms with Crippen molar-refractivity contribution in [2.75, 3.05) is 0 Å². The van der Waals surface area contributed by atoms with E-state index in [1.807, 2.05) is 44.2 Å². The highest BCUT2D eigenvalue weighted by molar-refractivity contribution is 7.11. The van der Waals surface area contributed by atoms with Crippen LogP contribution in [0.3, 0.4) is 0 Å². The van der Waals surface area contributed by atoms with Gasteiger partial charge in [0.15, 0.2) is 5.78 Å². The van der Waals surface area contributed by atoms with Gasteiger partial charge in [-0.05, 0) is 13.8 Å². The van der Waals surface area contributed by atoms with Crippen LogP contribution in [0.5, 0.6) is 0 Å². The van der Waals surface area contributed by atoms with Gasteiger partial charge in [-0.25, -0.2) is 4.98 Å². The Labute approximate surface area is 112 Å². The van der Waals surface area contributed by atoms with Crippen LogP contribution in [0.4, 0.5) is 0 Å². The van der Waals surface area contributed by atoms with E-state index in [1.165, 1.54) is 4.88 Å². The highest BCUT2D eigenvalue weighted by Gasteiger charge is 2.17. The Kier molecular flexibility index (Phi) is 3.92. The molecule has 18 heavy (non-hydrogen) atoms. The van der Waals surface area contributed by atoms with Gasteiger partial charge in [0.05, 0.1) is 10.7 Å². The first kappa shape index (κ1) is 13.0. The number of nitrogens with zero attached hydrogens (tertiary/aromatic N) is 1. The zero-order valence-electron chi connectivity index (χ0n) is 10.9. The summed E-state index contributed by atoms with van der Waals surface area (Å²) in [5.74, 6) is 0.179. The quantitative estimate of drug-likeness (QED) is 0.781. The average molecular weight is 259 g/mol. The molecule has 0 saturated heterocycles. The lowest BCUT2D eigenvalue weighted by Gasteiger charge is -2.08. The number of thiazole rings is 1. The van der Waals surface area contributed by atoms with Crippen LogP contribution in [-0.4, -0.2) is 10.8 Å². The summed E-state index contributed by atoms with van der Waals surface area (Å²) in [6.07, 6.45) is 0.729. The minimum absolute atomic E-state index is 0.0163. The van der Waals surface area contributed by atoms with Crippen molar-refractivity contribution in [2.45, 2.75) is 27.2 Å². The van der Waals surface area contributed by atoms with E-state index < -0.39 is 0 Å². The van der Waals surface area contributed by atoms with Gasteiger partial charge < -0.3 is 0 Å². The second-order valence-corrected chi connectivity index (χ2v) is 5.87. The summed E-state index contributed by atoms with van der Waals surface area (Å²) in [4.78, 5) is 18.0. The van der Waals surface area contributed by atoms with Crippen LogP contribution in [-0.2, 0) is 6.42 Å². The number of aromatic nitrogens is 1. The van der Waals surface area contributed by atoms with Crippen molar-refractivity contribution in [3.8, 4) is 0 Å². The molecule has 0 radical (unpaired) electrons. The van der Waals surface area contributed by atoms with E-state index in [0.29, 0.717) is 0 Å². The predicted octanol–water partition coefficient (Wildman–Crippen LogP) is 3.82. The number of Topliss-reactive ketones (excluding diaryl/α,β-unsaturated/α-hetero) is 1. The van der Waals surface area contributed by atoms with Gasteiger partial charge in [-0.3, -0.25) is 4.79 Å². The summed E-state index contributed by atoms with van der Waals surface area (Å²) in [6, 6.07) is 9.47. The van der Waals surface area contributed by atoms with E-state index in [0.717, 1.165) is 22.7 Å². The lowest BCUT2D eigenvalue weighted by atomic mass is 9.97. The minimum Gasteiger partial charge on any atom is -0.294 e. The van der Waals surface area contributed by atoms with Crippen molar-refractivity contribution in [1.82, 2.24) is 4.98 Å². The molecule has 1 aromatic carbocycles. The van der Waals surface area contributed by atoms with Crippen LogP contribution in [0.25, 0.3) is 0 Å². The number of aryl methyl sites for hydroxylation is 2. The van der Waals surface area contributed by atoms with Crippen LogP contribution >= 0.6 is 11.3 Å². The molecule has 0 saturated carbocycles. The standard InChI is InChI=1S/C15H17NOS/c1-10(9-14-16-11(2)12(3)18-14)15(17)13-7-5-4-6-8-13/h4-8,10H,9H2,1-3H3. The van der Waals surface area contributed by atoms with Gasteiger partial charge in [-0.1, -0.05) is 37.3 Å². The number of rotatable bonds is 4. The monoisotopic (exact) mass is 259 g/mol. The zero-order valence-corrected chi connectivity index (χ0v) is 11.8.